The smallest absolute Gasteiger partial charge is 0.336 e. The number of carboxylic acids is 1. The molecule has 8 heteroatoms. The van der Waals surface area contributed by atoms with Crippen molar-refractivity contribution in [2.75, 3.05) is 26.2 Å². The predicted octanol–water partition coefficient (Wildman–Crippen LogP) is 2.69. The molecule has 0 radical (unpaired) electrons. The van der Waals surface area contributed by atoms with E-state index in [0.717, 1.165) is 4.88 Å². The molecule has 3 aromatic rings. The number of piperazine rings is 1. The second kappa shape index (κ2) is 8.51. The Morgan fingerprint density at radius 3 is 2.50 bits per heavy atom. The molecule has 30 heavy (non-hydrogen) atoms. The Balaban J connectivity index is 1.71. The van der Waals surface area contributed by atoms with Crippen molar-refractivity contribution in [2.24, 2.45) is 0 Å². The summed E-state index contributed by atoms with van der Waals surface area (Å²) in [6.45, 7) is 4.12. The Morgan fingerprint density at radius 1 is 1.13 bits per heavy atom. The lowest BCUT2D eigenvalue weighted by molar-refractivity contribution is -0.141. The summed E-state index contributed by atoms with van der Waals surface area (Å²) in [5.41, 5.74) is 2.34. The Bertz CT molecular complexity index is 1070. The number of nitrogens with zero attached hydrogens (tertiary/aromatic N) is 3. The predicted molar refractivity (Wildman–Crippen MR) is 116 cm³/mol. The first-order valence-corrected chi connectivity index (χ1v) is 10.7. The fraction of sp³-hybridized carbons (Fsp3) is 0.318. The molecule has 1 aliphatic rings. The fourth-order valence-electron chi connectivity index (χ4n) is 3.88. The van der Waals surface area contributed by atoms with E-state index in [0.29, 0.717) is 54.9 Å². The number of rotatable bonds is 5. The van der Waals surface area contributed by atoms with E-state index in [-0.39, 0.29) is 11.5 Å². The van der Waals surface area contributed by atoms with E-state index >= 15 is 0 Å². The van der Waals surface area contributed by atoms with Crippen LogP contribution in [0.1, 0.15) is 22.8 Å². The number of aromatic carboxylic acids is 1. The summed E-state index contributed by atoms with van der Waals surface area (Å²) < 4.78 is 0. The van der Waals surface area contributed by atoms with Gasteiger partial charge in [0.2, 0.25) is 0 Å². The lowest BCUT2D eigenvalue weighted by Gasteiger charge is -2.35. The van der Waals surface area contributed by atoms with Gasteiger partial charge < -0.3 is 15.1 Å². The molecule has 1 amide bonds. The molecule has 7 nitrogen and oxygen atoms in total. The number of fused-ring (bicyclic) bond motifs is 1. The number of pyridine rings is 1. The summed E-state index contributed by atoms with van der Waals surface area (Å²) in [6.07, 6.45) is -1.01. The maximum absolute atomic E-state index is 12.3. The van der Waals surface area contributed by atoms with E-state index in [1.54, 1.807) is 11.0 Å². The molecule has 2 aromatic heterocycles. The molecule has 0 saturated carbocycles. The molecule has 0 unspecified atom stereocenters. The van der Waals surface area contributed by atoms with Crippen molar-refractivity contribution in [3.8, 4) is 10.6 Å². The first-order chi connectivity index (χ1) is 14.5. The summed E-state index contributed by atoms with van der Waals surface area (Å²) in [5, 5.41) is 22.2. The highest BCUT2D eigenvalue weighted by molar-refractivity contribution is 7.13. The monoisotopic (exact) mass is 425 g/mol. The van der Waals surface area contributed by atoms with E-state index in [1.807, 2.05) is 35.7 Å². The fourth-order valence-corrected chi connectivity index (χ4v) is 4.62. The van der Waals surface area contributed by atoms with Crippen LogP contribution in [0.2, 0.25) is 0 Å². The van der Waals surface area contributed by atoms with Crippen LogP contribution in [0.25, 0.3) is 21.5 Å². The Kier molecular flexibility index (Phi) is 5.80. The topological polar surface area (TPSA) is 94.0 Å². The van der Waals surface area contributed by atoms with Crippen LogP contribution in [-0.4, -0.2) is 69.2 Å². The third-order valence-corrected chi connectivity index (χ3v) is 6.26. The van der Waals surface area contributed by atoms with Crippen LogP contribution in [0.15, 0.2) is 41.8 Å². The molecule has 1 saturated heterocycles. The van der Waals surface area contributed by atoms with Crippen molar-refractivity contribution < 1.29 is 19.8 Å². The number of carbonyl (C=O) groups is 2. The van der Waals surface area contributed by atoms with Crippen LogP contribution in [0.5, 0.6) is 0 Å². The molecule has 1 fully saturated rings. The summed E-state index contributed by atoms with van der Waals surface area (Å²) in [6, 6.07) is 11.2. The Labute approximate surface area is 178 Å². The number of aromatic nitrogens is 1. The van der Waals surface area contributed by atoms with Gasteiger partial charge in [0.1, 0.15) is 6.10 Å². The SMILES string of the molecule is C[C@H](O)C(=O)N1CCN(Cc2c(-c3cccs3)nc3ccccc3c2C(=O)O)CC1. The summed E-state index contributed by atoms with van der Waals surface area (Å²) >= 11 is 1.53. The third kappa shape index (κ3) is 3.94. The number of amides is 1. The van der Waals surface area contributed by atoms with Gasteiger partial charge in [0.05, 0.1) is 21.7 Å². The molecule has 0 spiro atoms. The molecule has 1 aliphatic heterocycles. The number of hydrogen-bond donors (Lipinski definition) is 2. The number of carboxylic acid groups (broad SMARTS) is 1. The van der Waals surface area contributed by atoms with Gasteiger partial charge in [-0.1, -0.05) is 24.3 Å². The van der Waals surface area contributed by atoms with Crippen LogP contribution >= 0.6 is 11.3 Å². The van der Waals surface area contributed by atoms with Crippen LogP contribution < -0.4 is 0 Å². The number of thiophene rings is 1. The quantitative estimate of drug-likeness (QED) is 0.653. The Hall–Kier alpha value is -2.81. The van der Waals surface area contributed by atoms with Crippen molar-refractivity contribution in [3.05, 3.63) is 52.9 Å². The zero-order valence-electron chi connectivity index (χ0n) is 16.6. The number of aliphatic hydroxyl groups excluding tert-OH is 1. The lowest BCUT2D eigenvalue weighted by Crippen LogP contribution is -2.50. The molecule has 2 N–H and O–H groups in total. The van der Waals surface area contributed by atoms with Crippen molar-refractivity contribution in [1.29, 1.82) is 0 Å². The first-order valence-electron chi connectivity index (χ1n) is 9.83. The van der Waals surface area contributed by atoms with Gasteiger partial charge >= 0.3 is 5.97 Å². The lowest BCUT2D eigenvalue weighted by atomic mass is 9.98. The van der Waals surface area contributed by atoms with Crippen molar-refractivity contribution in [2.45, 2.75) is 19.6 Å². The van der Waals surface area contributed by atoms with E-state index in [9.17, 15) is 19.8 Å². The third-order valence-electron chi connectivity index (χ3n) is 5.38. The van der Waals surface area contributed by atoms with Gasteiger partial charge in [-0.2, -0.15) is 0 Å². The van der Waals surface area contributed by atoms with Gasteiger partial charge in [-0.05, 0) is 24.4 Å². The maximum atomic E-state index is 12.3. The highest BCUT2D eigenvalue weighted by atomic mass is 32.1. The molecule has 1 aromatic carbocycles. The molecular weight excluding hydrogens is 402 g/mol. The summed E-state index contributed by atoms with van der Waals surface area (Å²) in [7, 11) is 0. The minimum Gasteiger partial charge on any atom is -0.478 e. The largest absolute Gasteiger partial charge is 0.478 e. The van der Waals surface area contributed by atoms with E-state index in [1.165, 1.54) is 18.3 Å². The van der Waals surface area contributed by atoms with E-state index < -0.39 is 12.1 Å². The highest BCUT2D eigenvalue weighted by Gasteiger charge is 2.27. The first kappa shape index (κ1) is 20.5. The van der Waals surface area contributed by atoms with Crippen molar-refractivity contribution in [1.82, 2.24) is 14.8 Å². The second-order valence-electron chi connectivity index (χ2n) is 7.39. The minimum absolute atomic E-state index is 0.271. The van der Waals surface area contributed by atoms with Gasteiger partial charge in [0.25, 0.3) is 5.91 Å². The van der Waals surface area contributed by atoms with Gasteiger partial charge in [-0.15, -0.1) is 11.3 Å². The Morgan fingerprint density at radius 2 is 1.87 bits per heavy atom. The molecular formula is C22H23N3O4S. The highest BCUT2D eigenvalue weighted by Crippen LogP contribution is 2.33. The van der Waals surface area contributed by atoms with E-state index in [4.69, 9.17) is 4.98 Å². The number of hydrogen-bond acceptors (Lipinski definition) is 6. The molecule has 0 bridgehead atoms. The minimum atomic E-state index is -1.01. The second-order valence-corrected chi connectivity index (χ2v) is 8.34. The average Bonchev–Trinajstić information content (AvgIpc) is 3.27. The number of benzene rings is 1. The number of para-hydroxylation sites is 1. The normalized spacial score (nSPS) is 16.0. The van der Waals surface area contributed by atoms with Crippen LogP contribution in [0.4, 0.5) is 0 Å². The van der Waals surface area contributed by atoms with Gasteiger partial charge in [-0.3, -0.25) is 9.69 Å². The maximum Gasteiger partial charge on any atom is 0.336 e. The van der Waals surface area contributed by atoms with Gasteiger partial charge in [-0.25, -0.2) is 9.78 Å². The number of carbonyl (C=O) groups excluding carboxylic acids is 1. The van der Waals surface area contributed by atoms with Crippen LogP contribution in [0.3, 0.4) is 0 Å². The molecule has 1 atom stereocenters. The molecule has 4 rings (SSSR count). The van der Waals surface area contributed by atoms with Gasteiger partial charge in [0, 0.05) is 43.7 Å². The molecule has 156 valence electrons. The van der Waals surface area contributed by atoms with Crippen LogP contribution in [-0.2, 0) is 11.3 Å². The summed E-state index contributed by atoms with van der Waals surface area (Å²) in [4.78, 5) is 33.9. The standard InChI is InChI=1S/C22H23N3O4S/c1-14(26)21(27)25-10-8-24(9-11-25)13-16-19(22(28)29)15-5-2-3-6-17(15)23-20(16)18-7-4-12-30-18/h2-7,12,14,26H,8-11,13H2,1H3,(H,28,29)/t14-/m0/s1. The average molecular weight is 426 g/mol. The van der Waals surface area contributed by atoms with Crippen molar-refractivity contribution in [3.63, 3.8) is 0 Å². The van der Waals surface area contributed by atoms with Gasteiger partial charge in [0.15, 0.2) is 0 Å². The molecule has 0 aliphatic carbocycles. The number of aliphatic hydroxyl groups is 1. The zero-order valence-corrected chi connectivity index (χ0v) is 17.4. The van der Waals surface area contributed by atoms with E-state index in [2.05, 4.69) is 4.90 Å². The van der Waals surface area contributed by atoms with Crippen LogP contribution in [0, 0.1) is 0 Å². The summed E-state index contributed by atoms with van der Waals surface area (Å²) in [5.74, 6) is -1.24. The van der Waals surface area contributed by atoms with Crippen molar-refractivity contribution >= 4 is 34.1 Å². The zero-order chi connectivity index (χ0) is 21.3. The molecule has 3 heterocycles.